The van der Waals surface area contributed by atoms with Crippen LogP contribution in [-0.2, 0) is 0 Å². The molecule has 0 aliphatic rings. The first-order valence-corrected chi connectivity index (χ1v) is 7.66. The summed E-state index contributed by atoms with van der Waals surface area (Å²) in [4.78, 5) is 16.0. The third kappa shape index (κ3) is 5.15. The van der Waals surface area contributed by atoms with Gasteiger partial charge < -0.3 is 0 Å². The number of hydrogen-bond acceptors (Lipinski definition) is 3. The standard InChI is InChI=1S/C12H14ClNOS2/c1-3-16-12(17-4-2)14-11(15)9-5-7-10(13)8-6-9/h5-8H,3-4H2,1-2H3. The minimum Gasteiger partial charge on any atom is -0.267 e. The van der Waals surface area contributed by atoms with E-state index in [1.54, 1.807) is 47.8 Å². The molecule has 0 aromatic heterocycles. The highest BCUT2D eigenvalue weighted by Crippen LogP contribution is 2.18. The molecule has 1 rings (SSSR count). The minimum absolute atomic E-state index is 0.210. The molecule has 1 aromatic rings. The number of nitrogens with zero attached hydrogens (tertiary/aromatic N) is 1. The van der Waals surface area contributed by atoms with Crippen molar-refractivity contribution in [2.24, 2.45) is 4.99 Å². The zero-order valence-electron chi connectivity index (χ0n) is 9.77. The first kappa shape index (κ1) is 14.6. The molecular weight excluding hydrogens is 274 g/mol. The van der Waals surface area contributed by atoms with E-state index in [-0.39, 0.29) is 5.91 Å². The van der Waals surface area contributed by atoms with E-state index in [1.807, 2.05) is 13.8 Å². The molecule has 0 bridgehead atoms. The lowest BCUT2D eigenvalue weighted by Crippen LogP contribution is -1.99. The van der Waals surface area contributed by atoms with Crippen molar-refractivity contribution in [3.05, 3.63) is 34.9 Å². The molecule has 1 amide bonds. The number of aliphatic imine (C=N–C) groups is 1. The average molecular weight is 288 g/mol. The monoisotopic (exact) mass is 287 g/mol. The van der Waals surface area contributed by atoms with E-state index in [1.165, 1.54) is 0 Å². The zero-order chi connectivity index (χ0) is 12.7. The topological polar surface area (TPSA) is 29.4 Å². The summed E-state index contributed by atoms with van der Waals surface area (Å²) in [6.45, 7) is 4.09. The van der Waals surface area contributed by atoms with E-state index in [0.29, 0.717) is 10.6 Å². The van der Waals surface area contributed by atoms with Gasteiger partial charge in [-0.2, -0.15) is 4.99 Å². The van der Waals surface area contributed by atoms with Crippen molar-refractivity contribution in [3.63, 3.8) is 0 Å². The van der Waals surface area contributed by atoms with Gasteiger partial charge >= 0.3 is 0 Å². The second-order valence-electron chi connectivity index (χ2n) is 3.06. The maximum absolute atomic E-state index is 11.9. The number of amides is 1. The van der Waals surface area contributed by atoms with Gasteiger partial charge in [-0.15, -0.1) is 0 Å². The van der Waals surface area contributed by atoms with Gasteiger partial charge in [-0.25, -0.2) is 0 Å². The third-order valence-corrected chi connectivity index (χ3v) is 4.03. The lowest BCUT2D eigenvalue weighted by Gasteiger charge is -2.02. The van der Waals surface area contributed by atoms with Gasteiger partial charge in [-0.05, 0) is 35.8 Å². The van der Waals surface area contributed by atoms with E-state index in [2.05, 4.69) is 4.99 Å². The van der Waals surface area contributed by atoms with Gasteiger partial charge in [-0.1, -0.05) is 49.0 Å². The lowest BCUT2D eigenvalue weighted by molar-refractivity contribution is 0.100. The second kappa shape index (κ2) is 7.80. The molecule has 0 fully saturated rings. The summed E-state index contributed by atoms with van der Waals surface area (Å²) in [5, 5.41) is 0.622. The van der Waals surface area contributed by atoms with Crippen LogP contribution in [0.3, 0.4) is 0 Å². The smallest absolute Gasteiger partial charge is 0.267 e. The highest BCUT2D eigenvalue weighted by Gasteiger charge is 2.06. The molecule has 1 aromatic carbocycles. The maximum atomic E-state index is 11.9. The molecule has 0 unspecified atom stereocenters. The Morgan fingerprint density at radius 2 is 1.71 bits per heavy atom. The minimum atomic E-state index is -0.210. The van der Waals surface area contributed by atoms with Gasteiger partial charge in [0.25, 0.3) is 5.91 Å². The number of rotatable bonds is 3. The van der Waals surface area contributed by atoms with Crippen molar-refractivity contribution >= 4 is 45.4 Å². The summed E-state index contributed by atoms with van der Waals surface area (Å²) in [5.41, 5.74) is 0.570. The van der Waals surface area contributed by atoms with E-state index in [4.69, 9.17) is 11.6 Å². The molecule has 17 heavy (non-hydrogen) atoms. The Hall–Kier alpha value is -0.450. The Bertz CT molecular complexity index is 395. The normalized spacial score (nSPS) is 10.1. The van der Waals surface area contributed by atoms with E-state index in [9.17, 15) is 4.79 Å². The van der Waals surface area contributed by atoms with Crippen LogP contribution in [0.4, 0.5) is 0 Å². The molecule has 0 aliphatic heterocycles. The van der Waals surface area contributed by atoms with Crippen LogP contribution in [0.15, 0.2) is 29.3 Å². The fraction of sp³-hybridized carbons (Fsp3) is 0.333. The van der Waals surface area contributed by atoms with Crippen molar-refractivity contribution in [1.82, 2.24) is 0 Å². The van der Waals surface area contributed by atoms with E-state index in [0.717, 1.165) is 15.9 Å². The molecule has 5 heteroatoms. The lowest BCUT2D eigenvalue weighted by atomic mass is 10.2. The van der Waals surface area contributed by atoms with Crippen LogP contribution in [0.25, 0.3) is 0 Å². The molecule has 0 saturated heterocycles. The van der Waals surface area contributed by atoms with Crippen molar-refractivity contribution < 1.29 is 4.79 Å². The number of carbonyl (C=O) groups excluding carboxylic acids is 1. The number of halogens is 1. The quantitative estimate of drug-likeness (QED) is 0.612. The fourth-order valence-corrected chi connectivity index (χ4v) is 3.05. The first-order chi connectivity index (χ1) is 8.17. The van der Waals surface area contributed by atoms with Crippen LogP contribution in [0.1, 0.15) is 24.2 Å². The van der Waals surface area contributed by atoms with Gasteiger partial charge in [0, 0.05) is 10.6 Å². The van der Waals surface area contributed by atoms with Crippen LogP contribution < -0.4 is 0 Å². The Balaban J connectivity index is 2.80. The van der Waals surface area contributed by atoms with Gasteiger partial charge in [0.2, 0.25) is 0 Å². The number of carbonyl (C=O) groups is 1. The van der Waals surface area contributed by atoms with Crippen molar-refractivity contribution in [1.29, 1.82) is 0 Å². The van der Waals surface area contributed by atoms with Crippen LogP contribution >= 0.6 is 35.1 Å². The SMILES string of the molecule is CCSC(=NC(=O)c1ccc(Cl)cc1)SCC. The van der Waals surface area contributed by atoms with Crippen LogP contribution in [0, 0.1) is 0 Å². The summed E-state index contributed by atoms with van der Waals surface area (Å²) >= 11 is 8.95. The summed E-state index contributed by atoms with van der Waals surface area (Å²) in [6, 6.07) is 6.78. The molecular formula is C12H14ClNOS2. The molecule has 0 spiro atoms. The summed E-state index contributed by atoms with van der Waals surface area (Å²) < 4.78 is 0.829. The molecule has 0 aliphatic carbocycles. The van der Waals surface area contributed by atoms with Gasteiger partial charge in [0.05, 0.1) is 0 Å². The highest BCUT2D eigenvalue weighted by molar-refractivity contribution is 8.38. The maximum Gasteiger partial charge on any atom is 0.278 e. The fourth-order valence-electron chi connectivity index (χ4n) is 1.09. The molecule has 2 nitrogen and oxygen atoms in total. The number of hydrogen-bond donors (Lipinski definition) is 0. The molecule has 0 atom stereocenters. The van der Waals surface area contributed by atoms with E-state index >= 15 is 0 Å². The van der Waals surface area contributed by atoms with Gasteiger partial charge in [0.15, 0.2) is 0 Å². The first-order valence-electron chi connectivity index (χ1n) is 5.31. The van der Waals surface area contributed by atoms with Crippen molar-refractivity contribution in [2.75, 3.05) is 11.5 Å². The summed E-state index contributed by atoms with van der Waals surface area (Å²) in [5.74, 6) is 1.62. The Labute approximate surface area is 115 Å². The van der Waals surface area contributed by atoms with Crippen molar-refractivity contribution in [2.45, 2.75) is 13.8 Å². The van der Waals surface area contributed by atoms with Gasteiger partial charge in [0.1, 0.15) is 4.38 Å². The summed E-state index contributed by atoms with van der Waals surface area (Å²) in [6.07, 6.45) is 0. The predicted octanol–water partition coefficient (Wildman–Crippen LogP) is 4.34. The highest BCUT2D eigenvalue weighted by atomic mass is 35.5. The molecule has 0 saturated carbocycles. The molecule has 0 heterocycles. The molecule has 0 radical (unpaired) electrons. The Kier molecular flexibility index (Phi) is 6.70. The Morgan fingerprint density at radius 1 is 1.18 bits per heavy atom. The zero-order valence-corrected chi connectivity index (χ0v) is 12.2. The summed E-state index contributed by atoms with van der Waals surface area (Å²) in [7, 11) is 0. The molecule has 0 N–H and O–H groups in total. The third-order valence-electron chi connectivity index (χ3n) is 1.82. The average Bonchev–Trinajstić information content (AvgIpc) is 2.30. The number of benzene rings is 1. The van der Waals surface area contributed by atoms with E-state index < -0.39 is 0 Å². The predicted molar refractivity (Wildman–Crippen MR) is 79.5 cm³/mol. The van der Waals surface area contributed by atoms with Crippen LogP contribution in [0.5, 0.6) is 0 Å². The molecule has 92 valence electrons. The Morgan fingerprint density at radius 3 is 2.18 bits per heavy atom. The van der Waals surface area contributed by atoms with Crippen LogP contribution in [-0.4, -0.2) is 21.8 Å². The van der Waals surface area contributed by atoms with Crippen LogP contribution in [0.2, 0.25) is 5.02 Å². The number of thioether (sulfide) groups is 2. The van der Waals surface area contributed by atoms with Crippen molar-refractivity contribution in [3.8, 4) is 0 Å². The largest absolute Gasteiger partial charge is 0.278 e. The second-order valence-corrected chi connectivity index (χ2v) is 6.26. The van der Waals surface area contributed by atoms with Gasteiger partial charge in [-0.3, -0.25) is 4.79 Å².